The smallest absolute Gasteiger partial charge is 0.243 e. The van der Waals surface area contributed by atoms with Gasteiger partial charge >= 0.3 is 0 Å². The topological polar surface area (TPSA) is 63.0 Å². The van der Waals surface area contributed by atoms with Crippen molar-refractivity contribution in [3.8, 4) is 0 Å². The second kappa shape index (κ2) is 4.51. The highest BCUT2D eigenvalue weighted by Crippen LogP contribution is 2.25. The molecule has 2 atom stereocenters. The molecule has 88 valence electrons. The Kier molecular flexibility index (Phi) is 2.88. The lowest BCUT2D eigenvalue weighted by Crippen LogP contribution is -2.27. The highest BCUT2D eigenvalue weighted by atomic mass is 16.5. The third kappa shape index (κ3) is 1.97. The van der Waals surface area contributed by atoms with Crippen LogP contribution in [0.25, 0.3) is 0 Å². The molecule has 0 bridgehead atoms. The Labute approximate surface area is 95.0 Å². The Bertz CT molecular complexity index is 340. The van der Waals surface area contributed by atoms with Crippen LogP contribution in [0, 0.1) is 0 Å². The van der Waals surface area contributed by atoms with Crippen LogP contribution in [0.3, 0.4) is 0 Å². The van der Waals surface area contributed by atoms with E-state index in [0.29, 0.717) is 6.04 Å². The predicted octanol–water partition coefficient (Wildman–Crippen LogP) is 1.31. The summed E-state index contributed by atoms with van der Waals surface area (Å²) in [6, 6.07) is 0.581. The fourth-order valence-corrected chi connectivity index (χ4v) is 2.50. The minimum absolute atomic E-state index is 0.274. The molecule has 3 rings (SSSR count). The third-order valence-electron chi connectivity index (χ3n) is 3.44. The normalized spacial score (nSPS) is 30.8. The molecule has 0 saturated carbocycles. The average molecular weight is 222 g/mol. The van der Waals surface area contributed by atoms with Crippen LogP contribution in [0.4, 0.5) is 0 Å². The van der Waals surface area contributed by atoms with E-state index < -0.39 is 0 Å². The molecule has 5 nitrogen and oxygen atoms in total. The van der Waals surface area contributed by atoms with Crippen molar-refractivity contribution in [2.24, 2.45) is 0 Å². The summed E-state index contributed by atoms with van der Waals surface area (Å²) in [6.07, 6.45) is 5.94. The van der Waals surface area contributed by atoms with Crippen molar-refractivity contribution in [1.29, 1.82) is 0 Å². The molecule has 0 aromatic carbocycles. The Morgan fingerprint density at radius 3 is 2.56 bits per heavy atom. The molecule has 0 aliphatic carbocycles. The number of aromatic nitrogens is 2. The monoisotopic (exact) mass is 222 g/mol. The molecule has 1 aromatic heterocycles. The highest BCUT2D eigenvalue weighted by molar-refractivity contribution is 5.00. The first-order chi connectivity index (χ1) is 7.93. The van der Waals surface area contributed by atoms with Crippen LogP contribution in [0.5, 0.6) is 0 Å². The van der Waals surface area contributed by atoms with Crippen LogP contribution in [0.2, 0.25) is 0 Å². The Hall–Kier alpha value is -0.940. The minimum atomic E-state index is 0.274. The Balaban J connectivity index is 1.71. The maximum Gasteiger partial charge on any atom is 0.243 e. The SMILES string of the molecule is C1CCC(c2nc(C3CCCN3)no2)NC1. The summed E-state index contributed by atoms with van der Waals surface area (Å²) in [6.45, 7) is 2.13. The first-order valence-electron chi connectivity index (χ1n) is 6.24. The highest BCUT2D eigenvalue weighted by Gasteiger charge is 2.25. The second-order valence-electron chi connectivity index (χ2n) is 4.64. The van der Waals surface area contributed by atoms with E-state index in [1.54, 1.807) is 0 Å². The number of rotatable bonds is 2. The van der Waals surface area contributed by atoms with E-state index in [2.05, 4.69) is 20.8 Å². The van der Waals surface area contributed by atoms with Crippen molar-refractivity contribution in [3.05, 3.63) is 11.7 Å². The molecule has 2 saturated heterocycles. The van der Waals surface area contributed by atoms with Gasteiger partial charge in [0.2, 0.25) is 5.89 Å². The van der Waals surface area contributed by atoms with Gasteiger partial charge in [0.1, 0.15) is 0 Å². The summed E-state index contributed by atoms with van der Waals surface area (Å²) in [4.78, 5) is 4.51. The van der Waals surface area contributed by atoms with Crippen LogP contribution in [-0.4, -0.2) is 23.2 Å². The van der Waals surface area contributed by atoms with Crippen molar-refractivity contribution in [3.63, 3.8) is 0 Å². The van der Waals surface area contributed by atoms with Gasteiger partial charge in [-0.15, -0.1) is 0 Å². The summed E-state index contributed by atoms with van der Waals surface area (Å²) in [7, 11) is 0. The molecule has 2 unspecified atom stereocenters. The lowest BCUT2D eigenvalue weighted by Gasteiger charge is -2.19. The largest absolute Gasteiger partial charge is 0.338 e. The first-order valence-corrected chi connectivity index (χ1v) is 6.24. The van der Waals surface area contributed by atoms with Crippen LogP contribution < -0.4 is 10.6 Å². The molecule has 5 heteroatoms. The van der Waals surface area contributed by atoms with E-state index in [1.165, 1.54) is 19.3 Å². The van der Waals surface area contributed by atoms with Gasteiger partial charge in [-0.1, -0.05) is 11.6 Å². The quantitative estimate of drug-likeness (QED) is 0.790. The molecule has 16 heavy (non-hydrogen) atoms. The fraction of sp³-hybridized carbons (Fsp3) is 0.818. The number of nitrogens with one attached hydrogen (secondary N) is 2. The molecular weight excluding hydrogens is 204 g/mol. The molecule has 1 aromatic rings. The lowest BCUT2D eigenvalue weighted by molar-refractivity contribution is 0.295. The van der Waals surface area contributed by atoms with Crippen molar-refractivity contribution < 1.29 is 4.52 Å². The zero-order valence-corrected chi connectivity index (χ0v) is 9.41. The summed E-state index contributed by atoms with van der Waals surface area (Å²) in [5, 5.41) is 10.9. The zero-order chi connectivity index (χ0) is 10.8. The van der Waals surface area contributed by atoms with Gasteiger partial charge in [0.05, 0.1) is 12.1 Å². The Morgan fingerprint density at radius 2 is 1.81 bits per heavy atom. The summed E-state index contributed by atoms with van der Waals surface area (Å²) in [5.41, 5.74) is 0. The van der Waals surface area contributed by atoms with Crippen molar-refractivity contribution in [1.82, 2.24) is 20.8 Å². The van der Waals surface area contributed by atoms with E-state index in [-0.39, 0.29) is 6.04 Å². The van der Waals surface area contributed by atoms with Gasteiger partial charge in [-0.25, -0.2) is 0 Å². The van der Waals surface area contributed by atoms with Gasteiger partial charge in [-0.05, 0) is 38.8 Å². The number of hydrogen-bond acceptors (Lipinski definition) is 5. The van der Waals surface area contributed by atoms with E-state index in [0.717, 1.165) is 37.6 Å². The van der Waals surface area contributed by atoms with Gasteiger partial charge in [0, 0.05) is 0 Å². The zero-order valence-electron chi connectivity index (χ0n) is 9.41. The van der Waals surface area contributed by atoms with E-state index in [4.69, 9.17) is 4.52 Å². The second-order valence-corrected chi connectivity index (χ2v) is 4.64. The summed E-state index contributed by atoms with van der Waals surface area (Å²) >= 11 is 0. The van der Waals surface area contributed by atoms with Gasteiger partial charge < -0.3 is 15.2 Å². The molecule has 2 aliphatic heterocycles. The number of piperidine rings is 1. The van der Waals surface area contributed by atoms with Crippen LogP contribution in [0.15, 0.2) is 4.52 Å². The predicted molar refractivity (Wildman–Crippen MR) is 58.9 cm³/mol. The van der Waals surface area contributed by atoms with Crippen molar-refractivity contribution in [2.45, 2.75) is 44.2 Å². The van der Waals surface area contributed by atoms with Gasteiger partial charge in [0.25, 0.3) is 0 Å². The molecule has 2 aliphatic rings. The molecule has 2 N–H and O–H groups in total. The van der Waals surface area contributed by atoms with Gasteiger partial charge in [0.15, 0.2) is 5.82 Å². The molecule has 3 heterocycles. The summed E-state index contributed by atoms with van der Waals surface area (Å²) < 4.78 is 5.35. The fourth-order valence-electron chi connectivity index (χ4n) is 2.50. The Morgan fingerprint density at radius 1 is 1.00 bits per heavy atom. The molecule has 0 radical (unpaired) electrons. The van der Waals surface area contributed by atoms with Gasteiger partial charge in [-0.3, -0.25) is 0 Å². The van der Waals surface area contributed by atoms with Crippen LogP contribution in [-0.2, 0) is 0 Å². The third-order valence-corrected chi connectivity index (χ3v) is 3.44. The van der Waals surface area contributed by atoms with Gasteiger partial charge in [-0.2, -0.15) is 4.98 Å². The van der Waals surface area contributed by atoms with E-state index >= 15 is 0 Å². The molecule has 0 amide bonds. The average Bonchev–Trinajstić information content (AvgIpc) is 3.01. The van der Waals surface area contributed by atoms with Crippen LogP contribution >= 0.6 is 0 Å². The van der Waals surface area contributed by atoms with Crippen molar-refractivity contribution in [2.75, 3.05) is 13.1 Å². The van der Waals surface area contributed by atoms with Crippen molar-refractivity contribution >= 4 is 0 Å². The maximum absolute atomic E-state index is 5.35. The van der Waals surface area contributed by atoms with E-state index in [9.17, 15) is 0 Å². The molecule has 0 spiro atoms. The minimum Gasteiger partial charge on any atom is -0.338 e. The number of nitrogens with zero attached hydrogens (tertiary/aromatic N) is 2. The lowest BCUT2D eigenvalue weighted by atomic mass is 10.1. The molecule has 2 fully saturated rings. The number of hydrogen-bond donors (Lipinski definition) is 2. The van der Waals surface area contributed by atoms with E-state index in [1.807, 2.05) is 0 Å². The van der Waals surface area contributed by atoms with Crippen LogP contribution in [0.1, 0.15) is 55.9 Å². The molecular formula is C11H18N4O. The maximum atomic E-state index is 5.35. The summed E-state index contributed by atoms with van der Waals surface area (Å²) in [5.74, 6) is 1.60. The standard InChI is InChI=1S/C11H18N4O/c1-2-6-13-9(4-1)11-14-10(15-16-11)8-5-3-7-12-8/h8-9,12-13H,1-7H2. The first kappa shape index (κ1) is 10.2.